The molecule has 0 fully saturated rings. The standard InChI is InChI=1S/C25H27N3O/c1-4-8-22(27-17-19-9-7-14-26-16-19)20-12-13-25-23(15-20)28(3)18(2)21-10-5-6-11-24(21)29-25/h5-13,15-16,26-27H,2,4,14,17H2,1,3H3/b22-8-. The summed E-state index contributed by atoms with van der Waals surface area (Å²) in [6, 6.07) is 14.4. The molecule has 2 heterocycles. The van der Waals surface area contributed by atoms with E-state index in [1.54, 1.807) is 0 Å². The molecule has 0 spiro atoms. The van der Waals surface area contributed by atoms with Crippen LogP contribution in [0.3, 0.4) is 0 Å². The zero-order chi connectivity index (χ0) is 20.2. The molecule has 0 aromatic heterocycles. The Kier molecular flexibility index (Phi) is 5.43. The fourth-order valence-electron chi connectivity index (χ4n) is 3.59. The SMILES string of the molecule is C=C1c2ccccc2Oc2ccc(/C(=C/CC)NCC3=CNCC=C3)cc2N1C. The highest BCUT2D eigenvalue weighted by Crippen LogP contribution is 2.43. The molecule has 0 saturated carbocycles. The quantitative estimate of drug-likeness (QED) is 0.734. The van der Waals surface area contributed by atoms with E-state index in [-0.39, 0.29) is 0 Å². The number of allylic oxidation sites excluding steroid dienone is 1. The number of anilines is 1. The minimum absolute atomic E-state index is 0.775. The largest absolute Gasteiger partial charge is 0.454 e. The van der Waals surface area contributed by atoms with Crippen molar-refractivity contribution in [2.45, 2.75) is 13.3 Å². The minimum Gasteiger partial charge on any atom is -0.454 e. The van der Waals surface area contributed by atoms with E-state index in [0.29, 0.717) is 0 Å². The van der Waals surface area contributed by atoms with Crippen molar-refractivity contribution in [3.8, 4) is 11.5 Å². The van der Waals surface area contributed by atoms with Gasteiger partial charge in [0.2, 0.25) is 0 Å². The second kappa shape index (κ2) is 8.31. The van der Waals surface area contributed by atoms with Crippen molar-refractivity contribution in [1.82, 2.24) is 10.6 Å². The summed E-state index contributed by atoms with van der Waals surface area (Å²) in [5.41, 5.74) is 6.43. The van der Waals surface area contributed by atoms with Crippen LogP contribution in [0.25, 0.3) is 11.4 Å². The number of benzene rings is 2. The van der Waals surface area contributed by atoms with Gasteiger partial charge in [-0.3, -0.25) is 0 Å². The summed E-state index contributed by atoms with van der Waals surface area (Å²) < 4.78 is 6.22. The van der Waals surface area contributed by atoms with Crippen molar-refractivity contribution in [2.75, 3.05) is 25.0 Å². The van der Waals surface area contributed by atoms with Gasteiger partial charge in [-0.15, -0.1) is 0 Å². The Morgan fingerprint density at radius 3 is 2.90 bits per heavy atom. The fourth-order valence-corrected chi connectivity index (χ4v) is 3.59. The molecule has 148 valence electrons. The summed E-state index contributed by atoms with van der Waals surface area (Å²) in [6.07, 6.45) is 9.54. The lowest BCUT2D eigenvalue weighted by Crippen LogP contribution is -2.19. The number of nitrogens with one attached hydrogen (secondary N) is 2. The Balaban J connectivity index is 1.64. The normalized spacial score (nSPS) is 15.5. The molecule has 4 rings (SSSR count). The summed E-state index contributed by atoms with van der Waals surface area (Å²) in [4.78, 5) is 2.10. The van der Waals surface area contributed by atoms with Gasteiger partial charge < -0.3 is 20.3 Å². The number of hydrogen-bond donors (Lipinski definition) is 2. The van der Waals surface area contributed by atoms with E-state index < -0.39 is 0 Å². The van der Waals surface area contributed by atoms with Gasteiger partial charge in [0.05, 0.1) is 5.69 Å². The van der Waals surface area contributed by atoms with E-state index in [1.807, 2.05) is 37.4 Å². The zero-order valence-corrected chi connectivity index (χ0v) is 17.0. The van der Waals surface area contributed by atoms with Crippen LogP contribution in [0.1, 0.15) is 24.5 Å². The van der Waals surface area contributed by atoms with E-state index in [9.17, 15) is 0 Å². The molecule has 2 N–H and O–H groups in total. The summed E-state index contributed by atoms with van der Waals surface area (Å²) in [5.74, 6) is 1.67. The van der Waals surface area contributed by atoms with Crippen LogP contribution >= 0.6 is 0 Å². The molecule has 0 saturated heterocycles. The van der Waals surface area contributed by atoms with Crippen LogP contribution in [0.2, 0.25) is 0 Å². The van der Waals surface area contributed by atoms with E-state index in [1.165, 1.54) is 5.57 Å². The fraction of sp³-hybridized carbons (Fsp3) is 0.200. The summed E-state index contributed by atoms with van der Waals surface area (Å²) in [6.45, 7) is 8.12. The van der Waals surface area contributed by atoms with Crippen molar-refractivity contribution >= 4 is 17.1 Å². The van der Waals surface area contributed by atoms with Gasteiger partial charge in [0.25, 0.3) is 0 Å². The highest BCUT2D eigenvalue weighted by molar-refractivity contribution is 5.86. The zero-order valence-electron chi connectivity index (χ0n) is 17.0. The van der Waals surface area contributed by atoms with Gasteiger partial charge in [0.1, 0.15) is 5.75 Å². The van der Waals surface area contributed by atoms with Crippen LogP contribution in [-0.2, 0) is 0 Å². The second-order valence-corrected chi connectivity index (χ2v) is 7.20. The summed E-state index contributed by atoms with van der Waals surface area (Å²) >= 11 is 0. The molecule has 2 aromatic carbocycles. The molecule has 2 aliphatic rings. The lowest BCUT2D eigenvalue weighted by Gasteiger charge is -2.22. The molecular formula is C25H27N3O. The van der Waals surface area contributed by atoms with Gasteiger partial charge in [0.15, 0.2) is 5.75 Å². The van der Waals surface area contributed by atoms with Crippen LogP contribution < -0.4 is 20.3 Å². The van der Waals surface area contributed by atoms with E-state index in [2.05, 4.69) is 65.6 Å². The number of nitrogens with zero attached hydrogens (tertiary/aromatic N) is 1. The van der Waals surface area contributed by atoms with Crippen LogP contribution in [0, 0.1) is 0 Å². The van der Waals surface area contributed by atoms with Crippen LogP contribution in [0.15, 0.2) is 79.0 Å². The minimum atomic E-state index is 0.775. The molecule has 0 aliphatic carbocycles. The number of dihydropyridines is 1. The molecule has 0 unspecified atom stereocenters. The van der Waals surface area contributed by atoms with Gasteiger partial charge in [-0.05, 0) is 47.9 Å². The Hall–Kier alpha value is -3.40. The summed E-state index contributed by atoms with van der Waals surface area (Å²) in [5, 5.41) is 6.85. The topological polar surface area (TPSA) is 36.5 Å². The van der Waals surface area contributed by atoms with Gasteiger partial charge in [-0.2, -0.15) is 0 Å². The van der Waals surface area contributed by atoms with E-state index >= 15 is 0 Å². The van der Waals surface area contributed by atoms with Crippen LogP contribution in [0.4, 0.5) is 5.69 Å². The third-order valence-electron chi connectivity index (χ3n) is 5.20. The van der Waals surface area contributed by atoms with Gasteiger partial charge in [0, 0.05) is 43.3 Å². The highest BCUT2D eigenvalue weighted by Gasteiger charge is 2.22. The first kappa shape index (κ1) is 18.9. The molecule has 4 nitrogen and oxygen atoms in total. The smallest absolute Gasteiger partial charge is 0.151 e. The predicted molar refractivity (Wildman–Crippen MR) is 122 cm³/mol. The first-order chi connectivity index (χ1) is 14.2. The van der Waals surface area contributed by atoms with Gasteiger partial charge in [-0.1, -0.05) is 43.9 Å². The Morgan fingerprint density at radius 2 is 2.10 bits per heavy atom. The van der Waals surface area contributed by atoms with Crippen molar-refractivity contribution in [2.24, 2.45) is 0 Å². The first-order valence-electron chi connectivity index (χ1n) is 10.0. The number of fused-ring (bicyclic) bond motifs is 2. The Morgan fingerprint density at radius 1 is 1.24 bits per heavy atom. The lowest BCUT2D eigenvalue weighted by atomic mass is 10.1. The molecule has 0 amide bonds. The van der Waals surface area contributed by atoms with Gasteiger partial charge in [-0.25, -0.2) is 0 Å². The molecule has 4 heteroatoms. The van der Waals surface area contributed by atoms with Crippen molar-refractivity contribution in [3.05, 3.63) is 90.2 Å². The highest BCUT2D eigenvalue weighted by atomic mass is 16.5. The first-order valence-corrected chi connectivity index (χ1v) is 10.0. The summed E-state index contributed by atoms with van der Waals surface area (Å²) in [7, 11) is 2.04. The van der Waals surface area contributed by atoms with E-state index in [0.717, 1.165) is 59.2 Å². The number of hydrogen-bond acceptors (Lipinski definition) is 4. The third-order valence-corrected chi connectivity index (χ3v) is 5.20. The second-order valence-electron chi connectivity index (χ2n) is 7.20. The Bertz CT molecular complexity index is 1020. The van der Waals surface area contributed by atoms with E-state index in [4.69, 9.17) is 4.74 Å². The van der Waals surface area contributed by atoms with Crippen molar-refractivity contribution < 1.29 is 4.74 Å². The average Bonchev–Trinajstić information content (AvgIpc) is 2.87. The maximum atomic E-state index is 6.22. The van der Waals surface area contributed by atoms with Crippen LogP contribution in [-0.4, -0.2) is 20.1 Å². The number of ether oxygens (including phenoxy) is 1. The number of rotatable bonds is 5. The number of para-hydroxylation sites is 1. The Labute approximate surface area is 172 Å². The van der Waals surface area contributed by atoms with Crippen molar-refractivity contribution in [1.29, 1.82) is 0 Å². The molecule has 0 bridgehead atoms. The van der Waals surface area contributed by atoms with Gasteiger partial charge >= 0.3 is 0 Å². The average molecular weight is 386 g/mol. The molecule has 29 heavy (non-hydrogen) atoms. The lowest BCUT2D eigenvalue weighted by molar-refractivity contribution is 0.485. The molecule has 0 atom stereocenters. The molecule has 2 aliphatic heterocycles. The predicted octanol–water partition coefficient (Wildman–Crippen LogP) is 5.28. The molecular weight excluding hydrogens is 358 g/mol. The monoisotopic (exact) mass is 385 g/mol. The third kappa shape index (κ3) is 3.92. The van der Waals surface area contributed by atoms with Crippen LogP contribution in [0.5, 0.6) is 11.5 Å². The maximum Gasteiger partial charge on any atom is 0.151 e. The molecule has 0 radical (unpaired) electrons. The maximum absolute atomic E-state index is 6.22. The molecule has 2 aromatic rings. The van der Waals surface area contributed by atoms with Crippen molar-refractivity contribution in [3.63, 3.8) is 0 Å².